The molecule has 2 rings (SSSR count). The van der Waals surface area contributed by atoms with Gasteiger partial charge in [0.2, 0.25) is 0 Å². The highest BCUT2D eigenvalue weighted by Crippen LogP contribution is 2.34. The zero-order chi connectivity index (χ0) is 14.9. The van der Waals surface area contributed by atoms with Crippen molar-refractivity contribution in [1.29, 1.82) is 0 Å². The van der Waals surface area contributed by atoms with Gasteiger partial charge in [0.1, 0.15) is 0 Å². The summed E-state index contributed by atoms with van der Waals surface area (Å²) in [5.74, 6) is -1.83. The lowest BCUT2D eigenvalue weighted by atomic mass is 10.2. The summed E-state index contributed by atoms with van der Waals surface area (Å²) in [4.78, 5) is 11.9. The predicted octanol–water partition coefficient (Wildman–Crippen LogP) is 5.66. The van der Waals surface area contributed by atoms with E-state index in [2.05, 4.69) is 0 Å². The van der Waals surface area contributed by atoms with E-state index in [-0.39, 0.29) is 31.4 Å². The van der Waals surface area contributed by atoms with Gasteiger partial charge in [0.05, 0.1) is 25.7 Å². The largest absolute Gasteiger partial charge is 0.421 e. The molecule has 104 valence electrons. The lowest BCUT2D eigenvalue weighted by Gasteiger charge is -2.08. The number of hydrogen-bond donors (Lipinski definition) is 0. The van der Waals surface area contributed by atoms with Crippen LogP contribution in [0, 0.1) is 5.82 Å². The van der Waals surface area contributed by atoms with E-state index >= 15 is 0 Å². The first kappa shape index (κ1) is 15.4. The maximum atomic E-state index is 13.7. The van der Waals surface area contributed by atoms with E-state index in [1.165, 1.54) is 30.3 Å². The van der Waals surface area contributed by atoms with Crippen molar-refractivity contribution < 1.29 is 13.9 Å². The quantitative estimate of drug-likeness (QED) is 0.395. The molecule has 0 aliphatic heterocycles. The van der Waals surface area contributed by atoms with Gasteiger partial charge in [0.25, 0.3) is 0 Å². The smallest absolute Gasteiger partial charge is 0.346 e. The van der Waals surface area contributed by atoms with Gasteiger partial charge in [-0.3, -0.25) is 0 Å². The number of hydrogen-bond acceptors (Lipinski definition) is 2. The summed E-state index contributed by atoms with van der Waals surface area (Å²) in [6, 6.07) is 6.59. The summed E-state index contributed by atoms with van der Waals surface area (Å²) in [7, 11) is 0. The van der Waals surface area contributed by atoms with Crippen molar-refractivity contribution in [3.8, 4) is 5.75 Å². The highest BCUT2D eigenvalue weighted by atomic mass is 35.5. The normalized spacial score (nSPS) is 10.4. The Balaban J connectivity index is 2.33. The van der Waals surface area contributed by atoms with Crippen LogP contribution in [0.25, 0.3) is 0 Å². The molecule has 0 radical (unpaired) electrons. The molecule has 0 bridgehead atoms. The molecule has 0 heterocycles. The Bertz CT molecular complexity index is 688. The van der Waals surface area contributed by atoms with Crippen LogP contribution in [0.5, 0.6) is 5.75 Å². The van der Waals surface area contributed by atoms with Crippen LogP contribution in [0.4, 0.5) is 4.39 Å². The van der Waals surface area contributed by atoms with Crippen molar-refractivity contribution in [2.45, 2.75) is 0 Å². The van der Waals surface area contributed by atoms with Crippen LogP contribution >= 0.6 is 46.4 Å². The maximum absolute atomic E-state index is 13.7. The zero-order valence-corrected chi connectivity index (χ0v) is 12.6. The van der Waals surface area contributed by atoms with E-state index < -0.39 is 11.8 Å². The minimum absolute atomic E-state index is 0.0227. The second-order valence-electron chi connectivity index (χ2n) is 3.69. The van der Waals surface area contributed by atoms with Crippen molar-refractivity contribution in [1.82, 2.24) is 0 Å². The Morgan fingerprint density at radius 1 is 0.950 bits per heavy atom. The van der Waals surface area contributed by atoms with E-state index in [9.17, 15) is 9.18 Å². The SMILES string of the molecule is O=C(Oc1cc(Cl)c(Cl)cc1Cl)c1cccc(Cl)c1F. The van der Waals surface area contributed by atoms with Crippen molar-refractivity contribution >= 4 is 52.4 Å². The number of carbonyl (C=O) groups is 1. The van der Waals surface area contributed by atoms with Gasteiger partial charge < -0.3 is 4.74 Å². The highest BCUT2D eigenvalue weighted by Gasteiger charge is 2.18. The van der Waals surface area contributed by atoms with Gasteiger partial charge in [-0.15, -0.1) is 0 Å². The zero-order valence-electron chi connectivity index (χ0n) is 9.59. The third-order valence-corrected chi connectivity index (χ3v) is 3.66. The predicted molar refractivity (Wildman–Crippen MR) is 77.8 cm³/mol. The van der Waals surface area contributed by atoms with Gasteiger partial charge in [-0.1, -0.05) is 52.5 Å². The van der Waals surface area contributed by atoms with Gasteiger partial charge in [-0.25, -0.2) is 9.18 Å². The fourth-order valence-electron chi connectivity index (χ4n) is 1.40. The molecule has 0 saturated carbocycles. The molecular weight excluding hydrogens is 349 g/mol. The van der Waals surface area contributed by atoms with Crippen molar-refractivity contribution in [2.75, 3.05) is 0 Å². The Morgan fingerprint density at radius 3 is 2.30 bits per heavy atom. The van der Waals surface area contributed by atoms with E-state index in [0.717, 1.165) is 0 Å². The Kier molecular flexibility index (Phi) is 4.76. The van der Waals surface area contributed by atoms with Gasteiger partial charge in [-0.05, 0) is 18.2 Å². The third-order valence-electron chi connectivity index (χ3n) is 2.35. The minimum atomic E-state index is -0.940. The molecule has 0 atom stereocenters. The minimum Gasteiger partial charge on any atom is -0.421 e. The summed E-state index contributed by atoms with van der Waals surface area (Å²) in [6.45, 7) is 0. The van der Waals surface area contributed by atoms with E-state index in [1.807, 2.05) is 0 Å². The molecule has 0 amide bonds. The monoisotopic (exact) mass is 352 g/mol. The molecule has 7 heteroatoms. The van der Waals surface area contributed by atoms with Crippen molar-refractivity contribution in [3.63, 3.8) is 0 Å². The number of esters is 1. The number of benzene rings is 2. The van der Waals surface area contributed by atoms with E-state index in [0.29, 0.717) is 0 Å². The van der Waals surface area contributed by atoms with E-state index in [4.69, 9.17) is 51.1 Å². The van der Waals surface area contributed by atoms with Crippen LogP contribution < -0.4 is 4.74 Å². The molecule has 0 fully saturated rings. The summed E-state index contributed by atoms with van der Waals surface area (Å²) in [5.41, 5.74) is -0.306. The molecule has 0 aliphatic carbocycles. The van der Waals surface area contributed by atoms with Gasteiger partial charge in [0, 0.05) is 6.07 Å². The van der Waals surface area contributed by atoms with Crippen LogP contribution in [0.3, 0.4) is 0 Å². The van der Waals surface area contributed by atoms with Crippen LogP contribution in [0.2, 0.25) is 20.1 Å². The number of halogens is 5. The average molecular weight is 354 g/mol. The summed E-state index contributed by atoms with van der Waals surface area (Å²) >= 11 is 23.0. The van der Waals surface area contributed by atoms with Crippen molar-refractivity contribution in [3.05, 3.63) is 61.8 Å². The lowest BCUT2D eigenvalue weighted by molar-refractivity contribution is 0.0730. The molecular formula is C13H5Cl4FO2. The lowest BCUT2D eigenvalue weighted by Crippen LogP contribution is -2.11. The van der Waals surface area contributed by atoms with Gasteiger partial charge >= 0.3 is 5.97 Å². The number of carbonyl (C=O) groups excluding carboxylic acids is 1. The van der Waals surface area contributed by atoms with E-state index in [1.54, 1.807) is 0 Å². The summed E-state index contributed by atoms with van der Waals surface area (Å²) in [6.07, 6.45) is 0. The molecule has 2 nitrogen and oxygen atoms in total. The Hall–Kier alpha value is -1.00. The Labute approximate surface area is 134 Å². The molecule has 2 aromatic carbocycles. The van der Waals surface area contributed by atoms with Crippen LogP contribution in [-0.2, 0) is 0 Å². The molecule has 0 spiro atoms. The maximum Gasteiger partial charge on any atom is 0.346 e. The third kappa shape index (κ3) is 3.18. The first-order valence-corrected chi connectivity index (χ1v) is 6.72. The molecule has 0 N–H and O–H groups in total. The summed E-state index contributed by atoms with van der Waals surface area (Å²) < 4.78 is 18.7. The van der Waals surface area contributed by atoms with Crippen molar-refractivity contribution in [2.24, 2.45) is 0 Å². The average Bonchev–Trinajstić information content (AvgIpc) is 2.39. The van der Waals surface area contributed by atoms with Gasteiger partial charge in [-0.2, -0.15) is 0 Å². The molecule has 0 aromatic heterocycles. The molecule has 20 heavy (non-hydrogen) atoms. The van der Waals surface area contributed by atoms with Crippen LogP contribution in [0.1, 0.15) is 10.4 Å². The molecule has 0 saturated heterocycles. The second kappa shape index (κ2) is 6.19. The highest BCUT2D eigenvalue weighted by molar-refractivity contribution is 6.43. The number of ether oxygens (including phenoxy) is 1. The second-order valence-corrected chi connectivity index (χ2v) is 5.32. The van der Waals surface area contributed by atoms with Crippen LogP contribution in [-0.4, -0.2) is 5.97 Å². The van der Waals surface area contributed by atoms with Crippen LogP contribution in [0.15, 0.2) is 30.3 Å². The Morgan fingerprint density at radius 2 is 1.60 bits per heavy atom. The fraction of sp³-hybridized carbons (Fsp3) is 0. The standard InChI is InChI=1S/C13H5Cl4FO2/c14-7-3-1-2-6(12(7)18)13(19)20-11-5-9(16)8(15)4-10(11)17/h1-5H. The topological polar surface area (TPSA) is 26.3 Å². The molecule has 0 aliphatic rings. The first-order valence-electron chi connectivity index (χ1n) is 5.21. The summed E-state index contributed by atoms with van der Waals surface area (Å²) in [5, 5.41) is 0.269. The first-order chi connectivity index (χ1) is 9.40. The van der Waals surface area contributed by atoms with Gasteiger partial charge in [0.15, 0.2) is 11.6 Å². The molecule has 0 unspecified atom stereocenters. The number of rotatable bonds is 2. The molecule has 2 aromatic rings. The fourth-order valence-corrected chi connectivity index (χ4v) is 2.15.